The van der Waals surface area contributed by atoms with Gasteiger partial charge in [0.2, 0.25) is 5.95 Å². The third-order valence-corrected chi connectivity index (χ3v) is 5.07. The van der Waals surface area contributed by atoms with Crippen molar-refractivity contribution in [2.45, 2.75) is 38.8 Å². The Kier molecular flexibility index (Phi) is 5.12. The van der Waals surface area contributed by atoms with Gasteiger partial charge in [-0.25, -0.2) is 24.9 Å². The topological polar surface area (TPSA) is 79.7 Å². The van der Waals surface area contributed by atoms with Crippen molar-refractivity contribution in [3.05, 3.63) is 52.6 Å². The van der Waals surface area contributed by atoms with Crippen molar-refractivity contribution < 1.29 is 0 Å². The summed E-state index contributed by atoms with van der Waals surface area (Å²) >= 11 is 1.64. The Hall–Kier alpha value is -2.45. The summed E-state index contributed by atoms with van der Waals surface area (Å²) in [6.45, 7) is 3.88. The highest BCUT2D eigenvalue weighted by Crippen LogP contribution is 2.31. The van der Waals surface area contributed by atoms with Gasteiger partial charge in [-0.15, -0.1) is 11.3 Å². The Labute approximate surface area is 156 Å². The number of thiazole rings is 1. The first-order valence-electron chi connectivity index (χ1n) is 8.79. The van der Waals surface area contributed by atoms with Crippen molar-refractivity contribution in [2.24, 2.45) is 0 Å². The lowest BCUT2D eigenvalue weighted by Crippen LogP contribution is -2.34. The van der Waals surface area contributed by atoms with Gasteiger partial charge in [0.1, 0.15) is 11.6 Å². The molecule has 1 fully saturated rings. The molecule has 0 saturated carbocycles. The zero-order chi connectivity index (χ0) is 17.8. The van der Waals surface area contributed by atoms with Crippen LogP contribution in [-0.2, 0) is 6.54 Å². The van der Waals surface area contributed by atoms with Gasteiger partial charge in [-0.05, 0) is 32.4 Å². The molecule has 1 unspecified atom stereocenters. The Morgan fingerprint density at radius 3 is 2.88 bits per heavy atom. The Bertz CT molecular complexity index is 838. The summed E-state index contributed by atoms with van der Waals surface area (Å²) < 4.78 is 0. The second kappa shape index (κ2) is 7.84. The lowest BCUT2D eigenvalue weighted by molar-refractivity contribution is 0.132. The number of aryl methyl sites for hydroxylation is 1. The molecule has 134 valence electrons. The second-order valence-corrected chi connectivity index (χ2v) is 7.13. The van der Waals surface area contributed by atoms with Gasteiger partial charge in [-0.3, -0.25) is 4.90 Å². The summed E-state index contributed by atoms with van der Waals surface area (Å²) in [4.78, 5) is 24.8. The van der Waals surface area contributed by atoms with E-state index >= 15 is 0 Å². The molecule has 7 nitrogen and oxygen atoms in total. The van der Waals surface area contributed by atoms with Crippen molar-refractivity contribution in [3.63, 3.8) is 0 Å². The molecule has 1 aliphatic rings. The molecule has 3 aromatic rings. The highest BCUT2D eigenvalue weighted by Gasteiger charge is 2.27. The van der Waals surface area contributed by atoms with Crippen LogP contribution >= 0.6 is 11.3 Å². The molecule has 26 heavy (non-hydrogen) atoms. The van der Waals surface area contributed by atoms with E-state index in [0.717, 1.165) is 42.5 Å². The number of likely N-dealkylation sites (tertiary alicyclic amines) is 1. The molecule has 0 bridgehead atoms. The molecule has 0 aliphatic carbocycles. The van der Waals surface area contributed by atoms with E-state index in [4.69, 9.17) is 9.97 Å². The van der Waals surface area contributed by atoms with Gasteiger partial charge in [-0.2, -0.15) is 0 Å². The molecule has 4 heterocycles. The third-order valence-electron chi connectivity index (χ3n) is 4.44. The summed E-state index contributed by atoms with van der Waals surface area (Å²) in [5.41, 5.74) is 3.94. The first kappa shape index (κ1) is 17.0. The number of hydrogen-bond donors (Lipinski definition) is 1. The van der Waals surface area contributed by atoms with Gasteiger partial charge >= 0.3 is 0 Å². The number of anilines is 2. The van der Waals surface area contributed by atoms with E-state index in [1.807, 2.05) is 18.5 Å². The average Bonchev–Trinajstić information content (AvgIpc) is 3.16. The molecule has 4 rings (SSSR count). The van der Waals surface area contributed by atoms with Gasteiger partial charge in [0.05, 0.1) is 17.2 Å². The maximum atomic E-state index is 4.77. The number of nitrogens with zero attached hydrogens (tertiary/aromatic N) is 6. The smallest absolute Gasteiger partial charge is 0.228 e. The van der Waals surface area contributed by atoms with Crippen molar-refractivity contribution >= 4 is 23.1 Å². The highest BCUT2D eigenvalue weighted by molar-refractivity contribution is 7.07. The van der Waals surface area contributed by atoms with E-state index in [1.165, 1.54) is 12.8 Å². The normalized spacial score (nSPS) is 18.0. The van der Waals surface area contributed by atoms with Gasteiger partial charge in [0, 0.05) is 36.1 Å². The lowest BCUT2D eigenvalue weighted by Gasteiger charge is -2.34. The Morgan fingerprint density at radius 1 is 1.19 bits per heavy atom. The molecule has 1 aliphatic heterocycles. The first-order chi connectivity index (χ1) is 12.8. The van der Waals surface area contributed by atoms with Crippen LogP contribution in [-0.4, -0.2) is 36.4 Å². The molecule has 0 amide bonds. The van der Waals surface area contributed by atoms with Crippen LogP contribution in [0.2, 0.25) is 0 Å². The fourth-order valence-corrected chi connectivity index (χ4v) is 3.83. The van der Waals surface area contributed by atoms with Crippen LogP contribution in [0.1, 0.15) is 42.5 Å². The van der Waals surface area contributed by atoms with Crippen LogP contribution in [0.15, 0.2) is 35.4 Å². The van der Waals surface area contributed by atoms with Gasteiger partial charge in [0.25, 0.3) is 0 Å². The minimum atomic E-state index is 0.211. The fraction of sp³-hybridized carbons (Fsp3) is 0.389. The summed E-state index contributed by atoms with van der Waals surface area (Å²) in [5.74, 6) is 2.13. The fourth-order valence-electron chi connectivity index (χ4n) is 3.28. The maximum Gasteiger partial charge on any atom is 0.228 e. The predicted molar refractivity (Wildman–Crippen MR) is 101 cm³/mol. The minimum absolute atomic E-state index is 0.211. The maximum absolute atomic E-state index is 4.77. The molecule has 0 radical (unpaired) electrons. The van der Waals surface area contributed by atoms with Gasteiger partial charge in [0.15, 0.2) is 0 Å². The lowest BCUT2D eigenvalue weighted by atomic mass is 10.0. The van der Waals surface area contributed by atoms with Crippen LogP contribution in [0, 0.1) is 6.92 Å². The van der Waals surface area contributed by atoms with E-state index in [0.29, 0.717) is 5.95 Å². The molecular weight excluding hydrogens is 346 g/mol. The first-order valence-corrected chi connectivity index (χ1v) is 9.73. The van der Waals surface area contributed by atoms with E-state index in [2.05, 4.69) is 30.5 Å². The zero-order valence-electron chi connectivity index (χ0n) is 14.7. The zero-order valence-corrected chi connectivity index (χ0v) is 15.5. The Balaban J connectivity index is 1.58. The van der Waals surface area contributed by atoms with E-state index < -0.39 is 0 Å². The molecule has 1 N–H and O–H groups in total. The number of rotatable bonds is 5. The summed E-state index contributed by atoms with van der Waals surface area (Å²) in [7, 11) is 0. The van der Waals surface area contributed by atoms with E-state index in [-0.39, 0.29) is 6.04 Å². The Morgan fingerprint density at radius 2 is 2.08 bits per heavy atom. The van der Waals surface area contributed by atoms with Crippen molar-refractivity contribution in [2.75, 3.05) is 11.9 Å². The SMILES string of the molecule is Cc1cc(Nc2ncccn2)nc(C2CCCCN2Cc2cscn2)n1. The molecule has 0 aromatic carbocycles. The van der Waals surface area contributed by atoms with Crippen LogP contribution in [0.5, 0.6) is 0 Å². The largest absolute Gasteiger partial charge is 0.309 e. The minimum Gasteiger partial charge on any atom is -0.309 e. The van der Waals surface area contributed by atoms with E-state index in [1.54, 1.807) is 29.8 Å². The summed E-state index contributed by atoms with van der Waals surface area (Å²) in [6, 6.07) is 3.93. The van der Waals surface area contributed by atoms with Crippen LogP contribution < -0.4 is 5.32 Å². The quantitative estimate of drug-likeness (QED) is 0.739. The molecule has 1 atom stereocenters. The average molecular weight is 367 g/mol. The van der Waals surface area contributed by atoms with Crippen molar-refractivity contribution in [1.82, 2.24) is 29.8 Å². The molecule has 0 spiro atoms. The van der Waals surface area contributed by atoms with Crippen LogP contribution in [0.3, 0.4) is 0 Å². The third kappa shape index (κ3) is 4.03. The summed E-state index contributed by atoms with van der Waals surface area (Å²) in [5, 5.41) is 5.30. The standard InChI is InChI=1S/C18H21N7S/c1-13-9-16(24-18-19-6-4-7-20-18)23-17(22-13)15-5-2-3-8-25(15)10-14-11-26-12-21-14/h4,6-7,9,11-12,15H,2-3,5,8,10H2,1H3,(H,19,20,22,23,24). The predicted octanol–water partition coefficient (Wildman–Crippen LogP) is 3.50. The van der Waals surface area contributed by atoms with Crippen LogP contribution in [0.4, 0.5) is 11.8 Å². The number of piperidine rings is 1. The number of aromatic nitrogens is 5. The second-order valence-electron chi connectivity index (χ2n) is 6.41. The van der Waals surface area contributed by atoms with Crippen LogP contribution in [0.25, 0.3) is 0 Å². The summed E-state index contributed by atoms with van der Waals surface area (Å²) in [6.07, 6.45) is 6.88. The van der Waals surface area contributed by atoms with E-state index in [9.17, 15) is 0 Å². The molecular formula is C18H21N7S. The van der Waals surface area contributed by atoms with Gasteiger partial charge in [-0.1, -0.05) is 6.42 Å². The molecule has 8 heteroatoms. The van der Waals surface area contributed by atoms with Crippen molar-refractivity contribution in [3.8, 4) is 0 Å². The molecule has 1 saturated heterocycles. The monoisotopic (exact) mass is 367 g/mol. The molecule has 3 aromatic heterocycles. The van der Waals surface area contributed by atoms with Crippen molar-refractivity contribution in [1.29, 1.82) is 0 Å². The van der Waals surface area contributed by atoms with Gasteiger partial charge < -0.3 is 5.32 Å². The number of hydrogen-bond acceptors (Lipinski definition) is 8. The number of nitrogens with one attached hydrogen (secondary N) is 1. The highest BCUT2D eigenvalue weighted by atomic mass is 32.1.